The Balaban J connectivity index is 2.43. The molecule has 1 aliphatic rings. The number of nitrogens with zero attached hydrogens (tertiary/aromatic N) is 2. The van der Waals surface area contributed by atoms with Crippen LogP contribution in [0.25, 0.3) is 0 Å². The predicted octanol–water partition coefficient (Wildman–Crippen LogP) is 2.45. The Morgan fingerprint density at radius 3 is 2.57 bits per heavy atom. The van der Waals surface area contributed by atoms with Gasteiger partial charge in [0.25, 0.3) is 10.1 Å². The number of halogens is 3. The number of hydrogen-bond donors (Lipinski definition) is 0. The number of carbonyl (C=O) groups excluding carboxylic acids is 2. The maximum Gasteiger partial charge on any atom is 0.416 e. The largest absolute Gasteiger partial charge is 0.464 e. The molecule has 1 amide bonds. The Hall–Kier alpha value is -2.21. The van der Waals surface area contributed by atoms with Crippen molar-refractivity contribution in [2.45, 2.75) is 45.3 Å². The summed E-state index contributed by atoms with van der Waals surface area (Å²) in [6, 6.07) is 0.145. The zero-order valence-corrected chi connectivity index (χ0v) is 17.5. The van der Waals surface area contributed by atoms with Crippen LogP contribution in [0, 0.1) is 12.8 Å². The first-order valence-corrected chi connectivity index (χ1v) is 11.0. The summed E-state index contributed by atoms with van der Waals surface area (Å²) in [5.41, 5.74) is -1.02. The predicted molar refractivity (Wildman–Crippen MR) is 100 cm³/mol. The molecule has 0 radical (unpaired) electrons. The topological polar surface area (TPSA) is 103 Å². The Kier molecular flexibility index (Phi) is 7.45. The molecule has 1 aromatic rings. The standard InChI is InChI=1S/C18H23F3N2O6S/c1-4-5-6-28-17(25)16-12(10-29-30(3,26)27)8-15(24)23(16)14-9-13(18(19,20)21)7-11(2)22-14/h7,9,12,16H,4-6,8,10H2,1-3H3/t12-,16+/m1/s1. The lowest BCUT2D eigenvalue weighted by atomic mass is 10.0. The minimum absolute atomic E-state index is 0.00145. The fraction of sp³-hybridized carbons (Fsp3) is 0.611. The van der Waals surface area contributed by atoms with Crippen molar-refractivity contribution in [3.8, 4) is 0 Å². The van der Waals surface area contributed by atoms with Gasteiger partial charge in [-0.15, -0.1) is 0 Å². The fourth-order valence-electron chi connectivity index (χ4n) is 3.07. The van der Waals surface area contributed by atoms with E-state index in [2.05, 4.69) is 4.98 Å². The van der Waals surface area contributed by atoms with Crippen molar-refractivity contribution in [2.75, 3.05) is 24.4 Å². The molecular formula is C18H23F3N2O6S. The highest BCUT2D eigenvalue weighted by Crippen LogP contribution is 2.36. The number of amides is 1. The second kappa shape index (κ2) is 9.29. The molecule has 1 aliphatic heterocycles. The van der Waals surface area contributed by atoms with E-state index in [0.717, 1.165) is 23.6 Å². The first kappa shape index (κ1) is 24.1. The van der Waals surface area contributed by atoms with Gasteiger partial charge in [0, 0.05) is 18.0 Å². The van der Waals surface area contributed by atoms with E-state index in [1.54, 1.807) is 0 Å². The number of aromatic nitrogens is 1. The molecule has 168 valence electrons. The third-order valence-electron chi connectivity index (χ3n) is 4.42. The van der Waals surface area contributed by atoms with Crippen molar-refractivity contribution >= 4 is 27.8 Å². The molecule has 0 bridgehead atoms. The number of hydrogen-bond acceptors (Lipinski definition) is 7. The van der Waals surface area contributed by atoms with Crippen molar-refractivity contribution in [1.29, 1.82) is 0 Å². The van der Waals surface area contributed by atoms with E-state index in [1.807, 2.05) is 6.92 Å². The van der Waals surface area contributed by atoms with E-state index in [9.17, 15) is 31.2 Å². The van der Waals surface area contributed by atoms with E-state index >= 15 is 0 Å². The second-order valence-corrected chi connectivity index (χ2v) is 8.68. The summed E-state index contributed by atoms with van der Waals surface area (Å²) in [6.07, 6.45) is -2.89. The maximum atomic E-state index is 13.2. The van der Waals surface area contributed by atoms with Gasteiger partial charge in [0.1, 0.15) is 11.9 Å². The SMILES string of the molecule is CCCCOC(=O)[C@@H]1[C@@H](COS(C)(=O)=O)CC(=O)N1c1cc(C(F)(F)F)cc(C)n1. The van der Waals surface area contributed by atoms with Crippen LogP contribution in [0.15, 0.2) is 12.1 Å². The van der Waals surface area contributed by atoms with Crippen LogP contribution in [0.2, 0.25) is 0 Å². The molecule has 0 N–H and O–H groups in total. The Morgan fingerprint density at radius 2 is 2.00 bits per heavy atom. The number of esters is 1. The van der Waals surface area contributed by atoms with Gasteiger partial charge in [0.15, 0.2) is 0 Å². The fourth-order valence-corrected chi connectivity index (χ4v) is 3.49. The summed E-state index contributed by atoms with van der Waals surface area (Å²) >= 11 is 0. The molecule has 0 saturated carbocycles. The van der Waals surface area contributed by atoms with Gasteiger partial charge in [0.2, 0.25) is 5.91 Å². The van der Waals surface area contributed by atoms with Crippen molar-refractivity contribution in [1.82, 2.24) is 4.98 Å². The van der Waals surface area contributed by atoms with Gasteiger partial charge in [-0.2, -0.15) is 21.6 Å². The second-order valence-electron chi connectivity index (χ2n) is 7.04. The van der Waals surface area contributed by atoms with Gasteiger partial charge in [-0.25, -0.2) is 9.78 Å². The van der Waals surface area contributed by atoms with E-state index in [4.69, 9.17) is 8.92 Å². The molecular weight excluding hydrogens is 429 g/mol. The average molecular weight is 452 g/mol. The lowest BCUT2D eigenvalue weighted by Crippen LogP contribution is -2.44. The first-order chi connectivity index (χ1) is 13.8. The molecule has 0 aromatic carbocycles. The number of anilines is 1. The normalized spacial score (nSPS) is 19.9. The summed E-state index contributed by atoms with van der Waals surface area (Å²) in [5, 5.41) is 0. The number of ether oxygens (including phenoxy) is 1. The molecule has 0 unspecified atom stereocenters. The average Bonchev–Trinajstić information content (AvgIpc) is 2.94. The zero-order chi connectivity index (χ0) is 22.7. The van der Waals surface area contributed by atoms with E-state index in [1.165, 1.54) is 6.92 Å². The summed E-state index contributed by atoms with van der Waals surface area (Å²) in [7, 11) is -3.86. The maximum absolute atomic E-state index is 13.2. The molecule has 0 aliphatic carbocycles. The number of carbonyl (C=O) groups is 2. The third-order valence-corrected chi connectivity index (χ3v) is 4.99. The zero-order valence-electron chi connectivity index (χ0n) is 16.7. The van der Waals surface area contributed by atoms with E-state index in [0.29, 0.717) is 12.5 Å². The lowest BCUT2D eigenvalue weighted by Gasteiger charge is -2.26. The van der Waals surface area contributed by atoms with Crippen molar-refractivity contribution in [3.05, 3.63) is 23.4 Å². The Bertz CT molecular complexity index is 904. The van der Waals surface area contributed by atoms with E-state index in [-0.39, 0.29) is 24.5 Å². The molecule has 8 nitrogen and oxygen atoms in total. The van der Waals surface area contributed by atoms with Crippen molar-refractivity contribution in [3.63, 3.8) is 0 Å². The number of pyridine rings is 1. The number of rotatable bonds is 8. The third kappa shape index (κ3) is 6.14. The van der Waals surface area contributed by atoms with Gasteiger partial charge in [-0.05, 0) is 25.5 Å². The molecule has 0 spiro atoms. The molecule has 1 saturated heterocycles. The van der Waals surface area contributed by atoms with Crippen LogP contribution in [0.3, 0.4) is 0 Å². The van der Waals surface area contributed by atoms with E-state index < -0.39 is 52.3 Å². The number of aryl methyl sites for hydroxylation is 1. The molecule has 1 fully saturated rings. The molecule has 2 atom stereocenters. The molecule has 1 aromatic heterocycles. The highest BCUT2D eigenvalue weighted by atomic mass is 32.2. The van der Waals surface area contributed by atoms with Crippen LogP contribution >= 0.6 is 0 Å². The monoisotopic (exact) mass is 452 g/mol. The lowest BCUT2D eigenvalue weighted by molar-refractivity contribution is -0.146. The van der Waals surface area contributed by atoms with Gasteiger partial charge in [-0.1, -0.05) is 13.3 Å². The molecule has 12 heteroatoms. The Labute approximate surface area is 172 Å². The van der Waals surface area contributed by atoms with Crippen LogP contribution < -0.4 is 4.90 Å². The van der Waals surface area contributed by atoms with Crippen LogP contribution in [0.4, 0.5) is 19.0 Å². The van der Waals surface area contributed by atoms with Crippen LogP contribution in [-0.4, -0.2) is 50.8 Å². The smallest absolute Gasteiger partial charge is 0.416 e. The highest BCUT2D eigenvalue weighted by molar-refractivity contribution is 7.85. The minimum atomic E-state index is -4.68. The highest BCUT2D eigenvalue weighted by Gasteiger charge is 2.47. The quantitative estimate of drug-likeness (QED) is 0.339. The van der Waals surface area contributed by atoms with Crippen LogP contribution in [-0.2, 0) is 34.8 Å². The van der Waals surface area contributed by atoms with Gasteiger partial charge in [0.05, 0.1) is 25.0 Å². The van der Waals surface area contributed by atoms with Crippen LogP contribution in [0.5, 0.6) is 0 Å². The van der Waals surface area contributed by atoms with Crippen LogP contribution in [0.1, 0.15) is 37.4 Å². The van der Waals surface area contributed by atoms with Crippen molar-refractivity contribution < 1.29 is 40.1 Å². The molecule has 30 heavy (non-hydrogen) atoms. The Morgan fingerprint density at radius 1 is 1.33 bits per heavy atom. The molecule has 2 heterocycles. The minimum Gasteiger partial charge on any atom is -0.464 e. The number of alkyl halides is 3. The number of unbranched alkanes of at least 4 members (excludes halogenated alkanes) is 1. The van der Waals surface area contributed by atoms with Gasteiger partial charge >= 0.3 is 12.1 Å². The van der Waals surface area contributed by atoms with Gasteiger partial charge in [-0.3, -0.25) is 13.9 Å². The van der Waals surface area contributed by atoms with Gasteiger partial charge < -0.3 is 4.74 Å². The summed E-state index contributed by atoms with van der Waals surface area (Å²) < 4.78 is 72.2. The molecule has 2 rings (SSSR count). The first-order valence-electron chi connectivity index (χ1n) is 9.22. The summed E-state index contributed by atoms with van der Waals surface area (Å²) in [4.78, 5) is 30.1. The van der Waals surface area contributed by atoms with Crippen molar-refractivity contribution in [2.24, 2.45) is 5.92 Å². The summed E-state index contributed by atoms with van der Waals surface area (Å²) in [6.45, 7) is 2.77. The summed E-state index contributed by atoms with van der Waals surface area (Å²) in [5.74, 6) is -2.82.